The highest BCUT2D eigenvalue weighted by Gasteiger charge is 2.76. The number of piperidine rings is 3. The molecule has 26 heteroatoms. The first-order valence-corrected chi connectivity index (χ1v) is 44.5. The molecule has 9 aliphatic heterocycles. The number of hydrogen-bond acceptors (Lipinski definition) is 20. The molecular formula is C102H108N12O14. The summed E-state index contributed by atoms with van der Waals surface area (Å²) in [6.07, 6.45) is 13.7. The molecule has 0 aromatic heterocycles. The predicted octanol–water partition coefficient (Wildman–Crippen LogP) is 8.42. The molecule has 6 aliphatic carbocycles. The Kier molecular flexibility index (Phi) is 21.8. The predicted molar refractivity (Wildman–Crippen MR) is 481 cm³/mol. The van der Waals surface area contributed by atoms with Gasteiger partial charge in [0.1, 0.15) is 34.7 Å². The first kappa shape index (κ1) is 84.9. The number of nitrogens with zero attached hydrogens (tertiary/aromatic N) is 3. The summed E-state index contributed by atoms with van der Waals surface area (Å²) in [6, 6.07) is 45.6. The number of hydrogen-bond donors (Lipinski definition) is 10. The van der Waals surface area contributed by atoms with Crippen LogP contribution >= 0.6 is 0 Å². The number of amides is 6. The van der Waals surface area contributed by atoms with Gasteiger partial charge in [0, 0.05) is 111 Å². The molecule has 15 aliphatic rings. The second-order valence-corrected chi connectivity index (χ2v) is 36.7. The molecule has 3 spiro atoms. The molecule has 0 radical (unpaired) electrons. The fourth-order valence-corrected chi connectivity index (χ4v) is 24.5. The van der Waals surface area contributed by atoms with Crippen molar-refractivity contribution in [1.82, 2.24) is 62.6 Å². The fraction of sp³-hybridized carbons (Fsp3) is 0.382. The monoisotopic (exact) mass is 1720 g/mol. The number of rotatable bonds is 19. The molecule has 3 saturated heterocycles. The molecule has 1 unspecified atom stereocenters. The van der Waals surface area contributed by atoms with Crippen molar-refractivity contribution in [3.63, 3.8) is 0 Å². The lowest BCUT2D eigenvalue weighted by Crippen LogP contribution is -2.76. The lowest BCUT2D eigenvalue weighted by Gasteiger charge is -2.63. The molecular weight excluding hydrogens is 1620 g/mol. The van der Waals surface area contributed by atoms with Crippen LogP contribution in [0.4, 0.5) is 0 Å². The third kappa shape index (κ3) is 13.6. The van der Waals surface area contributed by atoms with Gasteiger partial charge in [-0.25, -0.2) is 0 Å². The van der Waals surface area contributed by atoms with Crippen LogP contribution in [0.25, 0.3) is 16.7 Å². The zero-order chi connectivity index (χ0) is 87.7. The standard InChI is InChI=1S/C38H38N4O5.C32H34N4O5.C31H32N4O4.CH4/c1-23-40-22-29(36(45)41-23)26-9-7-25(8-10-26)14-18-39-35(44)28-12-11-27-21-31-38(46)16-13-30(43)34-37(38,32(27)33(28)47-34)17-20-42(31)19-15-24-5-3-2-4-6-24;1-18-34-17-23(30(39)35-18)20-6-4-19(5-7-20)11-14-33-29(38)22-9-8-21-16-25-32(40-3)12-10-24(37)28-31(32,13-15-36(25)2)26(21)27(22)41-28;1-17-33-16-22(30(38)34-17)19-5-3-18(4-6-19)11-13-32-29(37)21-8-7-20-15-24-23-9-10-25(36)28-31(23,12-14-35(24)2)26(20)27(21)39-28;/h2-12,22,31,34,40,46H,1,13-21H2,(H,39,44)(H,41,45);4-9,17,25,28,34H,1,10-16H2,2-3H3,(H,33,38)(H,35,39);3-8,16,23-24,28,33H,1,9-15H2,2H3,(H,32,37)(H,34,38);1H4/t31-,34+,37+,38-;25-,28+,31+,32-;23?,24-,28+,31+;/m111./s1. The summed E-state index contributed by atoms with van der Waals surface area (Å²) < 4.78 is 25.8. The van der Waals surface area contributed by atoms with Crippen LogP contribution in [0.3, 0.4) is 0 Å². The number of methoxy groups -OCH3 is 1. The summed E-state index contributed by atoms with van der Waals surface area (Å²) in [4.78, 5) is 124. The Morgan fingerprint density at radius 2 is 0.891 bits per heavy atom. The summed E-state index contributed by atoms with van der Waals surface area (Å²) in [5, 5.41) is 38.6. The van der Waals surface area contributed by atoms with Gasteiger partial charge in [0.15, 0.2) is 35.7 Å². The molecule has 7 aromatic rings. The number of ether oxygens (including phenoxy) is 4. The van der Waals surface area contributed by atoms with Crippen molar-refractivity contribution in [3.05, 3.63) is 284 Å². The highest BCUT2D eigenvalue weighted by atomic mass is 16.5. The lowest BCUT2D eigenvalue weighted by molar-refractivity contribution is -0.198. The number of likely N-dealkylation sites (N-methyl/N-ethyl adjacent to an activating group) is 2. The van der Waals surface area contributed by atoms with Crippen LogP contribution in [0.15, 0.2) is 195 Å². The van der Waals surface area contributed by atoms with Gasteiger partial charge >= 0.3 is 0 Å². The average molecular weight is 1730 g/mol. The number of carbonyl (C=O) groups is 9. The second-order valence-electron chi connectivity index (χ2n) is 36.7. The molecule has 6 amide bonds. The van der Waals surface area contributed by atoms with Crippen LogP contribution in [-0.2, 0) is 94.7 Å². The highest BCUT2D eigenvalue weighted by molar-refractivity contribution is 6.22. The Morgan fingerprint density at radius 1 is 0.469 bits per heavy atom. The normalized spacial score (nSPS) is 28.2. The number of carbonyl (C=O) groups excluding carboxylic acids is 9. The van der Waals surface area contributed by atoms with Crippen molar-refractivity contribution in [2.75, 3.05) is 67.0 Å². The Hall–Kier alpha value is -12.6. The van der Waals surface area contributed by atoms with E-state index in [1.165, 1.54) is 11.1 Å². The lowest BCUT2D eigenvalue weighted by atomic mass is 9.49. The maximum atomic E-state index is 13.6. The van der Waals surface area contributed by atoms with E-state index in [-0.39, 0.29) is 84.1 Å². The fourth-order valence-electron chi connectivity index (χ4n) is 24.5. The summed E-state index contributed by atoms with van der Waals surface area (Å²) in [5.41, 5.74) is 12.9. The number of Topliss-reactive ketones (excluding diaryl/α,β-unsaturated/α-hetero) is 3. The van der Waals surface area contributed by atoms with Gasteiger partial charge in [0.05, 0.1) is 55.4 Å². The molecule has 6 bridgehead atoms. The smallest absolute Gasteiger partial charge is 0.258 e. The Morgan fingerprint density at radius 3 is 1.38 bits per heavy atom. The minimum absolute atomic E-state index is 0. The molecule has 9 heterocycles. The number of likely N-dealkylation sites (tertiary alicyclic amines) is 3. The molecule has 12 atom stereocenters. The van der Waals surface area contributed by atoms with Crippen LogP contribution in [0.2, 0.25) is 0 Å². The van der Waals surface area contributed by atoms with E-state index in [0.717, 1.165) is 126 Å². The quantitative estimate of drug-likeness (QED) is 0.0363. The van der Waals surface area contributed by atoms with Crippen LogP contribution in [0, 0.1) is 5.92 Å². The van der Waals surface area contributed by atoms with Gasteiger partial charge in [-0.1, -0.05) is 148 Å². The Labute approximate surface area is 743 Å². The van der Waals surface area contributed by atoms with E-state index in [1.54, 1.807) is 25.7 Å². The molecule has 6 fully saturated rings. The van der Waals surface area contributed by atoms with Crippen LogP contribution in [-0.4, -0.2) is 187 Å². The molecule has 3 saturated carbocycles. The van der Waals surface area contributed by atoms with Crippen LogP contribution in [0.5, 0.6) is 17.2 Å². The molecule has 22 rings (SSSR count). The Bertz CT molecular complexity index is 5960. The van der Waals surface area contributed by atoms with E-state index in [1.807, 2.05) is 109 Å². The van der Waals surface area contributed by atoms with E-state index in [4.69, 9.17) is 18.9 Å². The SMILES string of the molecule is C.C=C1NC=C(c2ccc(CCNC(=O)c3ccc4c5c3O[C@H]3C(=O)CCC6[C@@H](C4)N(C)CC[C@@]563)cc2)C(=O)N1.C=C1NC=C(c2ccc(CCNC(=O)c3ccc4c5c3O[C@H]3C(=O)CC[C@@]6(O)[C@@H](C4)N(CCc4ccccc4)CC[C@]536)cc2)C(=O)N1.C=C1NC=C(c2ccc(CCNC(=O)c3ccc4c5c3O[C@H]3C(=O)CC[C@@]6(OC)[C@@H](C4)N(C)CC[C@]536)cc2)C(=O)N1. The van der Waals surface area contributed by atoms with Gasteiger partial charge in [-0.15, -0.1) is 0 Å². The molecule has 7 aromatic carbocycles. The van der Waals surface area contributed by atoms with Crippen molar-refractivity contribution < 1.29 is 67.2 Å². The van der Waals surface area contributed by atoms with E-state index >= 15 is 0 Å². The first-order valence-electron chi connectivity index (χ1n) is 44.5. The van der Waals surface area contributed by atoms with Crippen LogP contribution < -0.4 is 62.1 Å². The largest absolute Gasteiger partial charge is 0.481 e. The average Bonchev–Trinajstić information content (AvgIpc) is 1.46. The number of benzene rings is 7. The van der Waals surface area contributed by atoms with Gasteiger partial charge < -0.3 is 81.7 Å². The van der Waals surface area contributed by atoms with E-state index in [9.17, 15) is 48.3 Å². The maximum absolute atomic E-state index is 13.6. The van der Waals surface area contributed by atoms with Gasteiger partial charge in [0.25, 0.3) is 35.4 Å². The summed E-state index contributed by atoms with van der Waals surface area (Å²) in [7, 11) is 6.10. The zero-order valence-electron chi connectivity index (χ0n) is 71.5. The second kappa shape index (κ2) is 32.9. The molecule has 660 valence electrons. The summed E-state index contributed by atoms with van der Waals surface area (Å²) in [5.74, 6) is 2.44. The minimum Gasteiger partial charge on any atom is -0.481 e. The third-order valence-electron chi connectivity index (χ3n) is 30.5. The number of ketones is 3. The molecule has 26 nitrogen and oxygen atoms in total. The van der Waals surface area contributed by atoms with E-state index in [0.29, 0.717) is 158 Å². The Balaban J connectivity index is 0.000000125. The van der Waals surface area contributed by atoms with Gasteiger partial charge in [-0.2, -0.15) is 0 Å². The number of nitrogens with one attached hydrogen (secondary N) is 9. The summed E-state index contributed by atoms with van der Waals surface area (Å²) in [6.45, 7) is 15.8. The van der Waals surface area contributed by atoms with Gasteiger partial charge in [0.2, 0.25) is 0 Å². The van der Waals surface area contributed by atoms with Crippen molar-refractivity contribution in [1.29, 1.82) is 0 Å². The summed E-state index contributed by atoms with van der Waals surface area (Å²) >= 11 is 0. The maximum Gasteiger partial charge on any atom is 0.258 e. The topological polar surface area (TPSA) is 329 Å². The van der Waals surface area contributed by atoms with Crippen molar-refractivity contribution in [3.8, 4) is 17.2 Å². The van der Waals surface area contributed by atoms with Gasteiger partial charge in [-0.05, 0) is 197 Å². The minimum atomic E-state index is -1.11. The third-order valence-corrected chi connectivity index (χ3v) is 30.5. The van der Waals surface area contributed by atoms with Crippen molar-refractivity contribution >= 4 is 69.5 Å². The van der Waals surface area contributed by atoms with Gasteiger partial charge in [-0.3, -0.25) is 48.1 Å². The molecule has 10 N–H and O–H groups in total. The first-order chi connectivity index (χ1) is 61.4. The number of aliphatic hydroxyl groups is 1. The highest BCUT2D eigenvalue weighted by Crippen LogP contribution is 2.67. The zero-order valence-corrected chi connectivity index (χ0v) is 71.5. The van der Waals surface area contributed by atoms with Crippen molar-refractivity contribution in [2.24, 2.45) is 5.92 Å². The molecule has 128 heavy (non-hydrogen) atoms. The van der Waals surface area contributed by atoms with E-state index in [2.05, 4.69) is 127 Å². The van der Waals surface area contributed by atoms with E-state index < -0.39 is 40.3 Å². The van der Waals surface area contributed by atoms with Crippen molar-refractivity contribution in [2.45, 2.75) is 174 Å². The van der Waals surface area contributed by atoms with Crippen LogP contribution in [0.1, 0.15) is 169 Å².